The van der Waals surface area contributed by atoms with Crippen molar-refractivity contribution < 1.29 is 14.3 Å². The minimum Gasteiger partial charge on any atom is -0.458 e. The second-order valence-corrected chi connectivity index (χ2v) is 8.40. The summed E-state index contributed by atoms with van der Waals surface area (Å²) < 4.78 is 6.85. The molecular formula is C18H19N3O4S. The van der Waals surface area contributed by atoms with Crippen molar-refractivity contribution in [3.63, 3.8) is 0 Å². The minimum absolute atomic E-state index is 0.00288. The molecule has 2 saturated heterocycles. The van der Waals surface area contributed by atoms with Crippen molar-refractivity contribution in [3.05, 3.63) is 46.0 Å². The first-order valence-electron chi connectivity index (χ1n) is 8.49. The van der Waals surface area contributed by atoms with Gasteiger partial charge >= 0.3 is 5.97 Å². The summed E-state index contributed by atoms with van der Waals surface area (Å²) in [4.78, 5) is 42.6. The molecule has 0 unspecified atom stereocenters. The fourth-order valence-electron chi connectivity index (χ4n) is 3.57. The zero-order valence-corrected chi connectivity index (χ0v) is 15.4. The molecule has 0 saturated carbocycles. The van der Waals surface area contributed by atoms with Crippen LogP contribution in [0, 0.1) is 6.92 Å². The normalized spacial score (nSPS) is 24.9. The summed E-state index contributed by atoms with van der Waals surface area (Å²) >= 11 is 1.62. The average molecular weight is 373 g/mol. The molecule has 0 N–H and O–H groups in total. The van der Waals surface area contributed by atoms with Gasteiger partial charge in [0.15, 0.2) is 0 Å². The van der Waals surface area contributed by atoms with Crippen molar-refractivity contribution >= 4 is 29.3 Å². The van der Waals surface area contributed by atoms with Gasteiger partial charge in [-0.3, -0.25) is 14.0 Å². The van der Waals surface area contributed by atoms with Gasteiger partial charge in [-0.25, -0.2) is 9.78 Å². The third-order valence-corrected chi connectivity index (χ3v) is 6.44. The lowest BCUT2D eigenvalue weighted by Crippen LogP contribution is -2.46. The number of ether oxygens (including phenoxy) is 1. The van der Waals surface area contributed by atoms with E-state index < -0.39 is 12.0 Å². The highest BCUT2D eigenvalue weighted by atomic mass is 32.2. The van der Waals surface area contributed by atoms with Crippen molar-refractivity contribution in [1.29, 1.82) is 0 Å². The van der Waals surface area contributed by atoms with Crippen molar-refractivity contribution in [2.45, 2.75) is 44.2 Å². The van der Waals surface area contributed by atoms with E-state index in [1.807, 2.05) is 19.9 Å². The van der Waals surface area contributed by atoms with Gasteiger partial charge in [0.05, 0.1) is 10.6 Å². The molecule has 2 aromatic heterocycles. The van der Waals surface area contributed by atoms with Crippen LogP contribution >= 0.6 is 11.8 Å². The van der Waals surface area contributed by atoms with Crippen LogP contribution in [0.1, 0.15) is 31.0 Å². The van der Waals surface area contributed by atoms with Gasteiger partial charge in [0.1, 0.15) is 18.3 Å². The van der Waals surface area contributed by atoms with Gasteiger partial charge in [-0.15, -0.1) is 11.8 Å². The third kappa shape index (κ3) is 2.78. The number of rotatable bonds is 3. The molecule has 7 nitrogen and oxygen atoms in total. The smallest absolute Gasteiger partial charge is 0.330 e. The summed E-state index contributed by atoms with van der Waals surface area (Å²) in [6, 6.07) is 4.43. The number of carbonyl (C=O) groups excluding carboxylic acids is 2. The van der Waals surface area contributed by atoms with Crippen LogP contribution in [0.15, 0.2) is 29.2 Å². The number of thioether (sulfide) groups is 1. The molecule has 1 amide bonds. The molecule has 2 aliphatic heterocycles. The number of aryl methyl sites for hydroxylation is 1. The maximum atomic E-state index is 12.5. The largest absolute Gasteiger partial charge is 0.458 e. The van der Waals surface area contributed by atoms with E-state index in [1.54, 1.807) is 28.9 Å². The lowest BCUT2D eigenvalue weighted by atomic mass is 10.2. The molecular weight excluding hydrogens is 354 g/mol. The van der Waals surface area contributed by atoms with Crippen LogP contribution in [0.2, 0.25) is 0 Å². The van der Waals surface area contributed by atoms with Crippen LogP contribution in [0.4, 0.5) is 0 Å². The lowest BCUT2D eigenvalue weighted by Gasteiger charge is -2.29. The van der Waals surface area contributed by atoms with E-state index >= 15 is 0 Å². The van der Waals surface area contributed by atoms with E-state index in [4.69, 9.17) is 4.74 Å². The number of amides is 1. The lowest BCUT2D eigenvalue weighted by molar-refractivity contribution is -0.154. The van der Waals surface area contributed by atoms with Crippen LogP contribution in [0.3, 0.4) is 0 Å². The first-order valence-corrected chi connectivity index (χ1v) is 9.48. The van der Waals surface area contributed by atoms with Crippen LogP contribution in [-0.2, 0) is 20.9 Å². The van der Waals surface area contributed by atoms with Crippen LogP contribution in [-0.4, -0.2) is 42.8 Å². The molecule has 26 heavy (non-hydrogen) atoms. The Labute approximate surface area is 154 Å². The number of pyridine rings is 1. The van der Waals surface area contributed by atoms with Crippen LogP contribution in [0.5, 0.6) is 0 Å². The third-order valence-electron chi connectivity index (χ3n) is 4.94. The fourth-order valence-corrected chi connectivity index (χ4v) is 4.99. The van der Waals surface area contributed by atoms with Gasteiger partial charge in [0, 0.05) is 24.4 Å². The molecule has 0 aliphatic carbocycles. The fraction of sp³-hybridized carbons (Fsp3) is 0.444. The van der Waals surface area contributed by atoms with E-state index in [9.17, 15) is 14.4 Å². The Hall–Kier alpha value is -2.35. The van der Waals surface area contributed by atoms with E-state index in [0.717, 1.165) is 12.0 Å². The Morgan fingerprint density at radius 2 is 2.23 bits per heavy atom. The highest BCUT2D eigenvalue weighted by molar-refractivity contribution is 8.01. The zero-order valence-electron chi connectivity index (χ0n) is 14.6. The van der Waals surface area contributed by atoms with Crippen molar-refractivity contribution in [2.75, 3.05) is 5.75 Å². The van der Waals surface area contributed by atoms with Crippen molar-refractivity contribution in [1.82, 2.24) is 14.3 Å². The summed E-state index contributed by atoms with van der Waals surface area (Å²) in [7, 11) is 0. The summed E-state index contributed by atoms with van der Waals surface area (Å²) in [6.45, 7) is 3.80. The van der Waals surface area contributed by atoms with E-state index in [-0.39, 0.29) is 22.9 Å². The zero-order chi connectivity index (χ0) is 18.5. The van der Waals surface area contributed by atoms with Gasteiger partial charge in [-0.2, -0.15) is 0 Å². The Bertz CT molecular complexity index is 973. The summed E-state index contributed by atoms with van der Waals surface area (Å²) in [5, 5.41) is 0. The molecule has 0 spiro atoms. The number of nitrogens with zero attached hydrogens (tertiary/aromatic N) is 3. The van der Waals surface area contributed by atoms with E-state index in [1.165, 1.54) is 10.5 Å². The maximum absolute atomic E-state index is 12.5. The Morgan fingerprint density at radius 3 is 3.04 bits per heavy atom. The quantitative estimate of drug-likeness (QED) is 0.759. The summed E-state index contributed by atoms with van der Waals surface area (Å²) in [6.07, 6.45) is 2.94. The molecule has 8 heteroatoms. The van der Waals surface area contributed by atoms with E-state index in [0.29, 0.717) is 23.5 Å². The first-order chi connectivity index (χ1) is 12.4. The highest BCUT2D eigenvalue weighted by Crippen LogP contribution is 2.47. The number of carbonyl (C=O) groups is 2. The number of aromatic nitrogens is 2. The van der Waals surface area contributed by atoms with Gasteiger partial charge in [-0.1, -0.05) is 6.07 Å². The molecule has 4 heterocycles. The number of fused-ring (bicyclic) bond motifs is 2. The Kier molecular flexibility index (Phi) is 4.02. The Morgan fingerprint density at radius 1 is 1.42 bits per heavy atom. The second-order valence-electron chi connectivity index (χ2n) is 6.89. The topological polar surface area (TPSA) is 81.0 Å². The standard InChI is InChI=1S/C18H19N3O4S/c1-11-3-4-14-19-12(7-16(23)20(14)8-11)9-25-17(24)13-10-26-18(2)6-5-15(22)21(13)18/h3-4,7-8,13H,5-6,9-10H2,1-2H3/t13-,18-/m0/s1. The van der Waals surface area contributed by atoms with Gasteiger partial charge in [0.25, 0.3) is 5.56 Å². The predicted molar refractivity (Wildman–Crippen MR) is 96.7 cm³/mol. The SMILES string of the molecule is Cc1ccc2nc(COC(=O)[C@@H]3CS[C@@]4(C)CCC(=O)N34)cc(=O)n2c1. The average Bonchev–Trinajstić information content (AvgIpc) is 3.10. The first kappa shape index (κ1) is 17.1. The van der Waals surface area contributed by atoms with Gasteiger partial charge < -0.3 is 9.64 Å². The molecule has 2 aliphatic rings. The maximum Gasteiger partial charge on any atom is 0.330 e. The molecule has 0 radical (unpaired) electrons. The highest BCUT2D eigenvalue weighted by Gasteiger charge is 2.53. The number of hydrogen-bond acceptors (Lipinski definition) is 6. The van der Waals surface area contributed by atoms with Crippen LogP contribution < -0.4 is 5.56 Å². The molecule has 2 fully saturated rings. The molecule has 0 aromatic carbocycles. The second kappa shape index (κ2) is 6.12. The Balaban J connectivity index is 1.50. The van der Waals surface area contributed by atoms with E-state index in [2.05, 4.69) is 4.98 Å². The number of hydrogen-bond donors (Lipinski definition) is 0. The monoisotopic (exact) mass is 373 g/mol. The van der Waals surface area contributed by atoms with Crippen LogP contribution in [0.25, 0.3) is 5.65 Å². The molecule has 0 bridgehead atoms. The molecule has 4 rings (SSSR count). The predicted octanol–water partition coefficient (Wildman–Crippen LogP) is 1.50. The minimum atomic E-state index is -0.566. The molecule has 136 valence electrons. The van der Waals surface area contributed by atoms with Gasteiger partial charge in [-0.05, 0) is 31.9 Å². The molecule has 2 aromatic rings. The molecule has 2 atom stereocenters. The van der Waals surface area contributed by atoms with Crippen molar-refractivity contribution in [2.24, 2.45) is 0 Å². The van der Waals surface area contributed by atoms with Crippen molar-refractivity contribution in [3.8, 4) is 0 Å². The summed E-state index contributed by atoms with van der Waals surface area (Å²) in [5.74, 6) is 0.0908. The number of esters is 1. The summed E-state index contributed by atoms with van der Waals surface area (Å²) in [5.41, 5.74) is 1.64. The van der Waals surface area contributed by atoms with Gasteiger partial charge in [0.2, 0.25) is 5.91 Å².